The molecule has 4 heteroatoms. The molecule has 1 aromatic heterocycles. The number of rotatable bonds is 4. The molecular formula is C12H21N3O. The Balaban J connectivity index is 2.06. The molecule has 0 spiro atoms. The second-order valence-electron chi connectivity index (χ2n) is 4.86. The molecule has 1 N–H and O–H groups in total. The standard InChI is InChI=1S/C12H21N3O/c1-9(2)8-14-12-13-5-6-15(12)11-4-7-16-10(11)3/h5-6,9-11H,4,7-8H2,1-3H3,(H,13,14). The molecule has 90 valence electrons. The molecule has 0 bridgehead atoms. The zero-order valence-corrected chi connectivity index (χ0v) is 10.3. The number of hydrogen-bond donors (Lipinski definition) is 1. The molecule has 1 aliphatic rings. The fourth-order valence-corrected chi connectivity index (χ4v) is 2.10. The first kappa shape index (κ1) is 11.5. The van der Waals surface area contributed by atoms with Crippen LogP contribution < -0.4 is 5.32 Å². The summed E-state index contributed by atoms with van der Waals surface area (Å²) in [6.07, 6.45) is 5.26. The lowest BCUT2D eigenvalue weighted by atomic mass is 10.1. The Kier molecular flexibility index (Phi) is 3.49. The summed E-state index contributed by atoms with van der Waals surface area (Å²) in [7, 11) is 0. The number of nitrogens with zero attached hydrogens (tertiary/aromatic N) is 2. The molecule has 2 heterocycles. The van der Waals surface area contributed by atoms with Gasteiger partial charge in [0.05, 0.1) is 12.1 Å². The molecule has 2 atom stereocenters. The van der Waals surface area contributed by atoms with Gasteiger partial charge in [-0.3, -0.25) is 0 Å². The van der Waals surface area contributed by atoms with E-state index in [4.69, 9.17) is 4.74 Å². The van der Waals surface area contributed by atoms with Crippen LogP contribution in [0, 0.1) is 5.92 Å². The molecule has 16 heavy (non-hydrogen) atoms. The van der Waals surface area contributed by atoms with Crippen LogP contribution in [0.2, 0.25) is 0 Å². The van der Waals surface area contributed by atoms with Gasteiger partial charge >= 0.3 is 0 Å². The minimum absolute atomic E-state index is 0.286. The van der Waals surface area contributed by atoms with E-state index in [2.05, 4.69) is 35.6 Å². The zero-order chi connectivity index (χ0) is 11.5. The third kappa shape index (κ3) is 2.38. The summed E-state index contributed by atoms with van der Waals surface area (Å²) in [5.41, 5.74) is 0. The molecule has 2 rings (SSSR count). The third-order valence-electron chi connectivity index (χ3n) is 3.03. The predicted molar refractivity (Wildman–Crippen MR) is 64.6 cm³/mol. The molecule has 0 radical (unpaired) electrons. The number of aromatic nitrogens is 2. The summed E-state index contributed by atoms with van der Waals surface area (Å²) in [5, 5.41) is 3.39. The molecule has 1 aromatic rings. The van der Waals surface area contributed by atoms with Crippen molar-refractivity contribution in [1.29, 1.82) is 0 Å². The van der Waals surface area contributed by atoms with Crippen molar-refractivity contribution in [2.24, 2.45) is 5.92 Å². The van der Waals surface area contributed by atoms with Gasteiger partial charge in [-0.1, -0.05) is 13.8 Å². The Bertz CT molecular complexity index is 335. The Morgan fingerprint density at radius 3 is 3.06 bits per heavy atom. The van der Waals surface area contributed by atoms with Crippen molar-refractivity contribution in [3.8, 4) is 0 Å². The van der Waals surface area contributed by atoms with Crippen LogP contribution in [0.1, 0.15) is 33.2 Å². The van der Waals surface area contributed by atoms with Crippen LogP contribution in [0.3, 0.4) is 0 Å². The molecule has 0 saturated carbocycles. The van der Waals surface area contributed by atoms with E-state index in [1.54, 1.807) is 0 Å². The highest BCUT2D eigenvalue weighted by atomic mass is 16.5. The largest absolute Gasteiger partial charge is 0.376 e. The van der Waals surface area contributed by atoms with E-state index in [0.717, 1.165) is 25.5 Å². The van der Waals surface area contributed by atoms with E-state index in [0.29, 0.717) is 12.0 Å². The van der Waals surface area contributed by atoms with Crippen LogP contribution in [0.25, 0.3) is 0 Å². The fourth-order valence-electron chi connectivity index (χ4n) is 2.10. The predicted octanol–water partition coefficient (Wildman–Crippen LogP) is 2.30. The van der Waals surface area contributed by atoms with Crippen LogP contribution in [-0.4, -0.2) is 28.8 Å². The van der Waals surface area contributed by atoms with Crippen molar-refractivity contribution in [3.63, 3.8) is 0 Å². The van der Waals surface area contributed by atoms with Crippen molar-refractivity contribution >= 4 is 5.95 Å². The number of nitrogens with one attached hydrogen (secondary N) is 1. The lowest BCUT2D eigenvalue weighted by molar-refractivity contribution is 0.108. The second-order valence-corrected chi connectivity index (χ2v) is 4.86. The van der Waals surface area contributed by atoms with Crippen molar-refractivity contribution < 1.29 is 4.74 Å². The lowest BCUT2D eigenvalue weighted by Crippen LogP contribution is -2.20. The van der Waals surface area contributed by atoms with Crippen LogP contribution in [-0.2, 0) is 4.74 Å². The van der Waals surface area contributed by atoms with E-state index in [1.807, 2.05) is 12.4 Å². The minimum Gasteiger partial charge on any atom is -0.376 e. The number of hydrogen-bond acceptors (Lipinski definition) is 3. The molecular weight excluding hydrogens is 202 g/mol. The van der Waals surface area contributed by atoms with Gasteiger partial charge in [0.2, 0.25) is 5.95 Å². The minimum atomic E-state index is 0.286. The fraction of sp³-hybridized carbons (Fsp3) is 0.750. The SMILES string of the molecule is CC(C)CNc1nccn1C1CCOC1C. The van der Waals surface area contributed by atoms with Crippen LogP contribution in [0.4, 0.5) is 5.95 Å². The molecule has 0 aliphatic carbocycles. The normalized spacial score (nSPS) is 25.2. The average molecular weight is 223 g/mol. The third-order valence-corrected chi connectivity index (χ3v) is 3.03. The summed E-state index contributed by atoms with van der Waals surface area (Å²) in [4.78, 5) is 4.36. The molecule has 1 saturated heterocycles. The summed E-state index contributed by atoms with van der Waals surface area (Å²) in [5.74, 6) is 1.60. The second kappa shape index (κ2) is 4.87. The number of ether oxygens (including phenoxy) is 1. The van der Waals surface area contributed by atoms with Crippen LogP contribution >= 0.6 is 0 Å². The topological polar surface area (TPSA) is 39.1 Å². The van der Waals surface area contributed by atoms with Gasteiger partial charge < -0.3 is 14.6 Å². The Labute approximate surface area is 97.0 Å². The van der Waals surface area contributed by atoms with Crippen molar-refractivity contribution in [1.82, 2.24) is 9.55 Å². The molecule has 1 aliphatic heterocycles. The molecule has 0 aromatic carbocycles. The van der Waals surface area contributed by atoms with E-state index in [9.17, 15) is 0 Å². The first-order valence-electron chi connectivity index (χ1n) is 6.06. The van der Waals surface area contributed by atoms with E-state index in [-0.39, 0.29) is 6.10 Å². The molecule has 4 nitrogen and oxygen atoms in total. The quantitative estimate of drug-likeness (QED) is 0.851. The zero-order valence-electron chi connectivity index (χ0n) is 10.3. The monoisotopic (exact) mass is 223 g/mol. The first-order valence-corrected chi connectivity index (χ1v) is 6.06. The van der Waals surface area contributed by atoms with Gasteiger partial charge in [-0.2, -0.15) is 0 Å². The van der Waals surface area contributed by atoms with E-state index >= 15 is 0 Å². The van der Waals surface area contributed by atoms with Gasteiger partial charge in [-0.25, -0.2) is 4.98 Å². The maximum Gasteiger partial charge on any atom is 0.203 e. The van der Waals surface area contributed by atoms with Gasteiger partial charge in [0.1, 0.15) is 0 Å². The van der Waals surface area contributed by atoms with Crippen molar-refractivity contribution in [2.75, 3.05) is 18.5 Å². The van der Waals surface area contributed by atoms with E-state index < -0.39 is 0 Å². The Morgan fingerprint density at radius 2 is 2.44 bits per heavy atom. The van der Waals surface area contributed by atoms with Crippen LogP contribution in [0.5, 0.6) is 0 Å². The first-order chi connectivity index (χ1) is 7.68. The van der Waals surface area contributed by atoms with Gasteiger partial charge in [0, 0.05) is 25.5 Å². The smallest absolute Gasteiger partial charge is 0.203 e. The molecule has 0 amide bonds. The number of imidazole rings is 1. The maximum absolute atomic E-state index is 5.59. The van der Waals surface area contributed by atoms with Gasteiger partial charge in [0.15, 0.2) is 0 Å². The van der Waals surface area contributed by atoms with Gasteiger partial charge in [-0.15, -0.1) is 0 Å². The molecule has 2 unspecified atom stereocenters. The van der Waals surface area contributed by atoms with Gasteiger partial charge in [-0.05, 0) is 19.3 Å². The maximum atomic E-state index is 5.59. The Morgan fingerprint density at radius 1 is 1.62 bits per heavy atom. The number of anilines is 1. The molecule has 1 fully saturated rings. The van der Waals surface area contributed by atoms with Gasteiger partial charge in [0.25, 0.3) is 0 Å². The summed E-state index contributed by atoms with van der Waals surface area (Å²) in [6, 6.07) is 0.428. The highest BCUT2D eigenvalue weighted by Crippen LogP contribution is 2.28. The van der Waals surface area contributed by atoms with Crippen LogP contribution in [0.15, 0.2) is 12.4 Å². The highest BCUT2D eigenvalue weighted by molar-refractivity contribution is 5.27. The lowest BCUT2D eigenvalue weighted by Gasteiger charge is -2.19. The Hall–Kier alpha value is -1.03. The van der Waals surface area contributed by atoms with E-state index in [1.165, 1.54) is 0 Å². The highest BCUT2D eigenvalue weighted by Gasteiger charge is 2.27. The van der Waals surface area contributed by atoms with Crippen molar-refractivity contribution in [2.45, 2.75) is 39.3 Å². The summed E-state index contributed by atoms with van der Waals surface area (Å²) in [6.45, 7) is 8.33. The summed E-state index contributed by atoms with van der Waals surface area (Å²) < 4.78 is 7.80. The van der Waals surface area contributed by atoms with Crippen molar-refractivity contribution in [3.05, 3.63) is 12.4 Å². The average Bonchev–Trinajstić information content (AvgIpc) is 2.82. The summed E-state index contributed by atoms with van der Waals surface area (Å²) >= 11 is 0.